The van der Waals surface area contributed by atoms with Crippen LogP contribution in [-0.4, -0.2) is 47.7 Å². The van der Waals surface area contributed by atoms with Crippen molar-refractivity contribution < 1.29 is 32.3 Å². The van der Waals surface area contributed by atoms with E-state index in [4.69, 9.17) is 5.11 Å². The second kappa shape index (κ2) is 7.73. The van der Waals surface area contributed by atoms with Gasteiger partial charge >= 0.3 is 6.18 Å². The lowest BCUT2D eigenvalue weighted by Crippen LogP contribution is -2.41. The van der Waals surface area contributed by atoms with Crippen LogP contribution in [0.1, 0.15) is 0 Å². The predicted molar refractivity (Wildman–Crippen MR) is 73.9 cm³/mol. The fourth-order valence-corrected chi connectivity index (χ4v) is 1.44. The number of rotatable bonds is 5. The maximum absolute atomic E-state index is 12.7. The van der Waals surface area contributed by atoms with E-state index in [0.29, 0.717) is 4.90 Å². The van der Waals surface area contributed by atoms with Crippen molar-refractivity contribution >= 4 is 17.5 Å². The van der Waals surface area contributed by atoms with Crippen molar-refractivity contribution in [3.05, 3.63) is 42.2 Å². The lowest BCUT2D eigenvalue weighted by molar-refractivity contribution is -0.207. The molecule has 0 aliphatic heterocycles. The predicted octanol–water partition coefficient (Wildman–Crippen LogP) is 1.70. The van der Waals surface area contributed by atoms with Gasteiger partial charge < -0.3 is 15.3 Å². The van der Waals surface area contributed by atoms with E-state index in [-0.39, 0.29) is 5.69 Å². The van der Waals surface area contributed by atoms with Gasteiger partial charge in [0.15, 0.2) is 6.10 Å². The summed E-state index contributed by atoms with van der Waals surface area (Å²) in [6.07, 6.45) is -5.92. The van der Waals surface area contributed by atoms with Gasteiger partial charge in [-0.05, 0) is 24.3 Å². The lowest BCUT2D eigenvalue weighted by Gasteiger charge is -2.21. The third kappa shape index (κ3) is 6.47. The Hall–Kier alpha value is -2.42. The molecule has 2 amide bonds. The molecule has 0 aromatic heterocycles. The minimum atomic E-state index is -4.84. The van der Waals surface area contributed by atoms with Crippen LogP contribution in [0.25, 0.3) is 0 Å². The molecule has 0 saturated carbocycles. The number of carbonyl (C=O) groups is 2. The SMILES string of the molecule is CN(CC(O)C(F)(F)F)C(=O)/C=C/C(=O)Nc1ccc(F)cc1. The summed E-state index contributed by atoms with van der Waals surface area (Å²) in [5.74, 6) is -2.09. The van der Waals surface area contributed by atoms with Crippen LogP contribution in [0.4, 0.5) is 23.2 Å². The Morgan fingerprint density at radius 2 is 1.83 bits per heavy atom. The number of nitrogens with zero attached hydrogens (tertiary/aromatic N) is 1. The topological polar surface area (TPSA) is 69.6 Å². The molecule has 2 N–H and O–H groups in total. The largest absolute Gasteiger partial charge is 0.416 e. The highest BCUT2D eigenvalue weighted by Crippen LogP contribution is 2.20. The molecule has 0 bridgehead atoms. The van der Waals surface area contributed by atoms with Gasteiger partial charge in [0.25, 0.3) is 0 Å². The summed E-state index contributed by atoms with van der Waals surface area (Å²) < 4.78 is 49.2. The number of amides is 2. The van der Waals surface area contributed by atoms with Crippen LogP contribution < -0.4 is 5.32 Å². The molecule has 0 aliphatic rings. The van der Waals surface area contributed by atoms with Crippen LogP contribution in [0.5, 0.6) is 0 Å². The first-order chi connectivity index (χ1) is 10.6. The van der Waals surface area contributed by atoms with Gasteiger partial charge in [-0.3, -0.25) is 9.59 Å². The molecule has 126 valence electrons. The van der Waals surface area contributed by atoms with Gasteiger partial charge in [-0.15, -0.1) is 0 Å². The average molecular weight is 334 g/mol. The Labute approximate surface area is 129 Å². The number of likely N-dealkylation sites (N-methyl/N-ethyl adjacent to an activating group) is 1. The number of benzene rings is 1. The van der Waals surface area contributed by atoms with Gasteiger partial charge in [-0.1, -0.05) is 0 Å². The minimum absolute atomic E-state index is 0.286. The second-order valence-corrected chi connectivity index (χ2v) is 4.61. The molecule has 1 unspecified atom stereocenters. The van der Waals surface area contributed by atoms with E-state index in [9.17, 15) is 27.2 Å². The van der Waals surface area contributed by atoms with E-state index < -0.39 is 36.5 Å². The Kier molecular flexibility index (Phi) is 6.26. The summed E-state index contributed by atoms with van der Waals surface area (Å²) in [5.41, 5.74) is 0.286. The van der Waals surface area contributed by atoms with E-state index in [1.165, 1.54) is 12.1 Å². The Bertz CT molecular complexity index is 585. The molecule has 0 saturated heterocycles. The zero-order valence-corrected chi connectivity index (χ0v) is 12.0. The number of nitrogens with one attached hydrogen (secondary N) is 1. The highest BCUT2D eigenvalue weighted by molar-refractivity contribution is 6.03. The molecule has 0 spiro atoms. The summed E-state index contributed by atoms with van der Waals surface area (Å²) in [5, 5.41) is 11.2. The van der Waals surface area contributed by atoms with E-state index in [1.54, 1.807) is 0 Å². The normalized spacial score (nSPS) is 13.0. The number of anilines is 1. The second-order valence-electron chi connectivity index (χ2n) is 4.61. The fourth-order valence-electron chi connectivity index (χ4n) is 1.44. The number of hydrogen-bond donors (Lipinski definition) is 2. The Balaban J connectivity index is 2.53. The number of carbonyl (C=O) groups excluding carboxylic acids is 2. The molecule has 1 rings (SSSR count). The van der Waals surface area contributed by atoms with Gasteiger partial charge in [0.1, 0.15) is 5.82 Å². The minimum Gasteiger partial charge on any atom is -0.382 e. The molecule has 5 nitrogen and oxygen atoms in total. The molecular weight excluding hydrogens is 320 g/mol. The lowest BCUT2D eigenvalue weighted by atomic mass is 10.3. The Morgan fingerprint density at radius 1 is 1.26 bits per heavy atom. The zero-order chi connectivity index (χ0) is 17.6. The van der Waals surface area contributed by atoms with Crippen molar-refractivity contribution in [2.24, 2.45) is 0 Å². The molecule has 23 heavy (non-hydrogen) atoms. The van der Waals surface area contributed by atoms with E-state index in [1.807, 2.05) is 0 Å². The summed E-state index contributed by atoms with van der Waals surface area (Å²) in [6, 6.07) is 4.84. The number of aliphatic hydroxyl groups is 1. The molecule has 1 aromatic rings. The third-order valence-corrected chi connectivity index (χ3v) is 2.69. The van der Waals surface area contributed by atoms with Crippen LogP contribution in [-0.2, 0) is 9.59 Å². The number of aliphatic hydroxyl groups excluding tert-OH is 1. The maximum Gasteiger partial charge on any atom is 0.416 e. The van der Waals surface area contributed by atoms with E-state index in [0.717, 1.165) is 31.3 Å². The summed E-state index contributed by atoms with van der Waals surface area (Å²) >= 11 is 0. The first-order valence-corrected chi connectivity index (χ1v) is 6.34. The highest BCUT2D eigenvalue weighted by Gasteiger charge is 2.39. The van der Waals surface area contributed by atoms with Crippen LogP contribution in [0.2, 0.25) is 0 Å². The standard InChI is InChI=1S/C14H14F4N2O3/c1-20(8-11(21)14(16,17)18)13(23)7-6-12(22)19-10-4-2-9(15)3-5-10/h2-7,11,21H,8H2,1H3,(H,19,22)/b7-6+. The number of alkyl halides is 3. The number of hydrogen-bond acceptors (Lipinski definition) is 3. The van der Waals surface area contributed by atoms with Crippen LogP contribution in [0, 0.1) is 5.82 Å². The molecular formula is C14H14F4N2O3. The Morgan fingerprint density at radius 3 is 2.35 bits per heavy atom. The molecule has 9 heteroatoms. The van der Waals surface area contributed by atoms with Gasteiger partial charge in [0, 0.05) is 24.9 Å². The van der Waals surface area contributed by atoms with Crippen molar-refractivity contribution in [1.29, 1.82) is 0 Å². The quantitative estimate of drug-likeness (QED) is 0.636. The van der Waals surface area contributed by atoms with Crippen LogP contribution in [0.3, 0.4) is 0 Å². The molecule has 1 atom stereocenters. The van der Waals surface area contributed by atoms with Gasteiger partial charge in [0.05, 0.1) is 6.54 Å². The van der Waals surface area contributed by atoms with E-state index in [2.05, 4.69) is 5.32 Å². The fraction of sp³-hybridized carbons (Fsp3) is 0.286. The molecule has 1 aromatic carbocycles. The van der Waals surface area contributed by atoms with Crippen molar-refractivity contribution in [1.82, 2.24) is 4.90 Å². The van der Waals surface area contributed by atoms with Crippen LogP contribution in [0.15, 0.2) is 36.4 Å². The monoisotopic (exact) mass is 334 g/mol. The average Bonchev–Trinajstić information content (AvgIpc) is 2.46. The smallest absolute Gasteiger partial charge is 0.382 e. The van der Waals surface area contributed by atoms with Crippen molar-refractivity contribution in [3.8, 4) is 0 Å². The zero-order valence-electron chi connectivity index (χ0n) is 12.0. The first kappa shape index (κ1) is 18.6. The van der Waals surface area contributed by atoms with Crippen molar-refractivity contribution in [3.63, 3.8) is 0 Å². The molecule has 0 aliphatic carbocycles. The van der Waals surface area contributed by atoms with Gasteiger partial charge in [-0.2, -0.15) is 13.2 Å². The molecule has 0 fully saturated rings. The molecule has 0 radical (unpaired) electrons. The van der Waals surface area contributed by atoms with Gasteiger partial charge in [0.2, 0.25) is 11.8 Å². The summed E-state index contributed by atoms with van der Waals surface area (Å²) in [4.78, 5) is 23.7. The highest BCUT2D eigenvalue weighted by atomic mass is 19.4. The first-order valence-electron chi connectivity index (χ1n) is 6.34. The van der Waals surface area contributed by atoms with Crippen molar-refractivity contribution in [2.45, 2.75) is 12.3 Å². The molecule has 0 heterocycles. The summed E-state index contributed by atoms with van der Waals surface area (Å²) in [6.45, 7) is -0.952. The maximum atomic E-state index is 12.7. The third-order valence-electron chi connectivity index (χ3n) is 2.69. The van der Waals surface area contributed by atoms with Crippen LogP contribution >= 0.6 is 0 Å². The van der Waals surface area contributed by atoms with E-state index >= 15 is 0 Å². The van der Waals surface area contributed by atoms with Crippen molar-refractivity contribution in [2.75, 3.05) is 18.9 Å². The number of halogens is 4. The summed E-state index contributed by atoms with van der Waals surface area (Å²) in [7, 11) is 1.06. The van der Waals surface area contributed by atoms with Gasteiger partial charge in [-0.25, -0.2) is 4.39 Å².